The molecule has 0 bridgehead atoms. The lowest BCUT2D eigenvalue weighted by molar-refractivity contribution is -0.387. The molecule has 0 amide bonds. The topological polar surface area (TPSA) is 89.4 Å². The lowest BCUT2D eigenvalue weighted by atomic mass is 10.1. The van der Waals surface area contributed by atoms with E-state index in [1.165, 1.54) is 0 Å². The van der Waals surface area contributed by atoms with Crippen molar-refractivity contribution < 1.29 is 18.8 Å². The van der Waals surface area contributed by atoms with Gasteiger partial charge in [0.2, 0.25) is 5.82 Å². The molecule has 0 aliphatic carbocycles. The van der Waals surface area contributed by atoms with Gasteiger partial charge in [0, 0.05) is 12.1 Å². The van der Waals surface area contributed by atoms with Gasteiger partial charge < -0.3 is 10.8 Å². The van der Waals surface area contributed by atoms with E-state index in [0.717, 1.165) is 0 Å². The van der Waals surface area contributed by atoms with Gasteiger partial charge in [0.25, 0.3) is 0 Å². The maximum absolute atomic E-state index is 13.1. The van der Waals surface area contributed by atoms with Gasteiger partial charge in [-0.3, -0.25) is 10.1 Å². The van der Waals surface area contributed by atoms with Crippen molar-refractivity contribution in [3.63, 3.8) is 0 Å². The highest BCUT2D eigenvalue weighted by Crippen LogP contribution is 2.24. The Morgan fingerprint density at radius 2 is 2.07 bits per heavy atom. The van der Waals surface area contributed by atoms with Gasteiger partial charge in [0.05, 0.1) is 17.1 Å². The highest BCUT2D eigenvalue weighted by Gasteiger charge is 2.21. The summed E-state index contributed by atoms with van der Waals surface area (Å²) in [5.41, 5.74) is 3.69. The lowest BCUT2D eigenvalue weighted by Gasteiger charge is -2.08. The van der Waals surface area contributed by atoms with E-state index in [4.69, 9.17) is 10.8 Å². The van der Waals surface area contributed by atoms with Gasteiger partial charge in [-0.2, -0.15) is 4.39 Å². The molecule has 7 heteroatoms. The van der Waals surface area contributed by atoms with Gasteiger partial charge in [-0.25, -0.2) is 4.39 Å². The van der Waals surface area contributed by atoms with Crippen LogP contribution in [0.4, 0.5) is 14.5 Å². The predicted octanol–water partition coefficient (Wildman–Crippen LogP) is 0.865. The fourth-order valence-corrected chi connectivity index (χ4v) is 1.07. The SMILES string of the molecule is NCC(O)c1cc(F)c([N+](=O)[O-])cc1F. The average molecular weight is 218 g/mol. The van der Waals surface area contributed by atoms with E-state index in [9.17, 15) is 18.9 Å². The van der Waals surface area contributed by atoms with Gasteiger partial charge in [-0.15, -0.1) is 0 Å². The Morgan fingerprint density at radius 3 is 2.53 bits per heavy atom. The Bertz CT molecular complexity index is 398. The number of rotatable bonds is 3. The van der Waals surface area contributed by atoms with Crippen molar-refractivity contribution in [2.45, 2.75) is 6.10 Å². The average Bonchev–Trinajstić information content (AvgIpc) is 2.19. The normalized spacial score (nSPS) is 12.5. The van der Waals surface area contributed by atoms with Crippen molar-refractivity contribution in [2.75, 3.05) is 6.54 Å². The molecule has 1 aromatic rings. The van der Waals surface area contributed by atoms with Crippen LogP contribution < -0.4 is 5.73 Å². The van der Waals surface area contributed by atoms with Crippen LogP contribution in [0.25, 0.3) is 0 Å². The van der Waals surface area contributed by atoms with Crippen LogP contribution in [0.5, 0.6) is 0 Å². The zero-order valence-corrected chi connectivity index (χ0v) is 7.48. The molecule has 3 N–H and O–H groups in total. The van der Waals surface area contributed by atoms with E-state index in [1.54, 1.807) is 0 Å². The molecular weight excluding hydrogens is 210 g/mol. The zero-order chi connectivity index (χ0) is 11.6. The first-order chi connectivity index (χ1) is 6.97. The second-order valence-corrected chi connectivity index (χ2v) is 2.83. The predicted molar refractivity (Wildman–Crippen MR) is 47.0 cm³/mol. The number of benzene rings is 1. The monoisotopic (exact) mass is 218 g/mol. The quantitative estimate of drug-likeness (QED) is 0.581. The molecule has 0 aromatic heterocycles. The van der Waals surface area contributed by atoms with Crippen molar-refractivity contribution in [3.8, 4) is 0 Å². The molecular formula is C8H8F2N2O3. The largest absolute Gasteiger partial charge is 0.387 e. The number of hydrogen-bond donors (Lipinski definition) is 2. The van der Waals surface area contributed by atoms with Crippen LogP contribution in [0.1, 0.15) is 11.7 Å². The molecule has 0 saturated heterocycles. The van der Waals surface area contributed by atoms with Crippen LogP contribution in [0.3, 0.4) is 0 Å². The third-order valence-electron chi connectivity index (χ3n) is 1.85. The molecule has 0 heterocycles. The Balaban J connectivity index is 3.25. The van der Waals surface area contributed by atoms with Crippen molar-refractivity contribution in [1.82, 2.24) is 0 Å². The number of aliphatic hydroxyl groups is 1. The molecule has 0 fully saturated rings. The number of halogens is 2. The summed E-state index contributed by atoms with van der Waals surface area (Å²) in [5.74, 6) is -2.26. The molecule has 0 aliphatic heterocycles. The first-order valence-electron chi connectivity index (χ1n) is 3.98. The highest BCUT2D eigenvalue weighted by molar-refractivity contribution is 5.37. The fourth-order valence-electron chi connectivity index (χ4n) is 1.07. The van der Waals surface area contributed by atoms with Gasteiger partial charge in [-0.05, 0) is 6.07 Å². The van der Waals surface area contributed by atoms with Gasteiger partial charge in [0.15, 0.2) is 0 Å². The number of nitrogens with two attached hydrogens (primary N) is 1. The van der Waals surface area contributed by atoms with Crippen LogP contribution in [-0.4, -0.2) is 16.6 Å². The third kappa shape index (κ3) is 2.25. The minimum Gasteiger partial charge on any atom is -0.387 e. The highest BCUT2D eigenvalue weighted by atomic mass is 19.1. The molecule has 1 aromatic carbocycles. The molecule has 82 valence electrons. The molecule has 5 nitrogen and oxygen atoms in total. The lowest BCUT2D eigenvalue weighted by Crippen LogP contribution is -2.13. The maximum Gasteiger partial charge on any atom is 0.307 e. The number of aliphatic hydroxyl groups excluding tert-OH is 1. The summed E-state index contributed by atoms with van der Waals surface area (Å²) >= 11 is 0. The number of nitrogens with zero attached hydrogens (tertiary/aromatic N) is 1. The van der Waals surface area contributed by atoms with Crippen LogP contribution >= 0.6 is 0 Å². The minimum atomic E-state index is -1.37. The van der Waals surface area contributed by atoms with Crippen molar-refractivity contribution in [2.24, 2.45) is 5.73 Å². The number of hydrogen-bond acceptors (Lipinski definition) is 4. The summed E-state index contributed by atoms with van der Waals surface area (Å²) in [6.07, 6.45) is -1.37. The fraction of sp³-hybridized carbons (Fsp3) is 0.250. The van der Waals surface area contributed by atoms with Crippen LogP contribution in [0.2, 0.25) is 0 Å². The molecule has 1 atom stereocenters. The van der Waals surface area contributed by atoms with Crippen molar-refractivity contribution >= 4 is 5.69 Å². The Morgan fingerprint density at radius 1 is 1.47 bits per heavy atom. The second-order valence-electron chi connectivity index (χ2n) is 2.83. The van der Waals surface area contributed by atoms with Gasteiger partial charge >= 0.3 is 5.69 Å². The molecule has 0 aliphatic rings. The summed E-state index contributed by atoms with van der Waals surface area (Å²) in [4.78, 5) is 9.19. The molecule has 0 saturated carbocycles. The molecule has 15 heavy (non-hydrogen) atoms. The standard InChI is InChI=1S/C8H8F2N2O3/c9-5-2-7(12(14)15)6(10)1-4(5)8(13)3-11/h1-2,8,13H,3,11H2. The van der Waals surface area contributed by atoms with Gasteiger partial charge in [0.1, 0.15) is 5.82 Å². The minimum absolute atomic E-state index is 0.297. The Labute approximate surface area is 83.3 Å². The van der Waals surface area contributed by atoms with Gasteiger partial charge in [-0.1, -0.05) is 0 Å². The summed E-state index contributed by atoms with van der Waals surface area (Å²) in [7, 11) is 0. The summed E-state index contributed by atoms with van der Waals surface area (Å²) in [5, 5.41) is 19.4. The summed E-state index contributed by atoms with van der Waals surface area (Å²) in [6, 6.07) is 0.995. The van der Waals surface area contributed by atoms with E-state index in [-0.39, 0.29) is 12.1 Å². The zero-order valence-electron chi connectivity index (χ0n) is 7.48. The third-order valence-corrected chi connectivity index (χ3v) is 1.85. The first kappa shape index (κ1) is 11.5. The summed E-state index contributed by atoms with van der Waals surface area (Å²) < 4.78 is 26.2. The number of nitro benzene ring substituents is 1. The van der Waals surface area contributed by atoms with E-state index in [1.807, 2.05) is 0 Å². The summed E-state index contributed by atoms with van der Waals surface area (Å²) in [6.45, 7) is -0.297. The Hall–Kier alpha value is -1.60. The van der Waals surface area contributed by atoms with Crippen molar-refractivity contribution in [1.29, 1.82) is 0 Å². The van der Waals surface area contributed by atoms with Crippen LogP contribution in [0, 0.1) is 21.7 Å². The van der Waals surface area contributed by atoms with E-state index in [0.29, 0.717) is 12.1 Å². The van der Waals surface area contributed by atoms with E-state index < -0.39 is 28.3 Å². The van der Waals surface area contributed by atoms with Crippen molar-refractivity contribution in [3.05, 3.63) is 39.4 Å². The van der Waals surface area contributed by atoms with Crippen LogP contribution in [-0.2, 0) is 0 Å². The number of nitro groups is 1. The van der Waals surface area contributed by atoms with Crippen LogP contribution in [0.15, 0.2) is 12.1 Å². The molecule has 0 radical (unpaired) electrons. The van der Waals surface area contributed by atoms with E-state index >= 15 is 0 Å². The maximum atomic E-state index is 13.1. The molecule has 0 spiro atoms. The van der Waals surface area contributed by atoms with E-state index in [2.05, 4.69) is 0 Å². The first-order valence-corrected chi connectivity index (χ1v) is 3.98. The smallest absolute Gasteiger partial charge is 0.307 e. The second kappa shape index (κ2) is 4.28. The molecule has 1 rings (SSSR count). The molecule has 1 unspecified atom stereocenters. The Kier molecular flexibility index (Phi) is 3.28.